The molecule has 0 atom stereocenters. The van der Waals surface area contributed by atoms with E-state index in [1.807, 2.05) is 14.1 Å². The fourth-order valence-electron chi connectivity index (χ4n) is 2.14. The van der Waals surface area contributed by atoms with Crippen LogP contribution < -0.4 is 10.1 Å². The van der Waals surface area contributed by atoms with Gasteiger partial charge in [0.15, 0.2) is 6.61 Å². The summed E-state index contributed by atoms with van der Waals surface area (Å²) in [5, 5.41) is 13.5. The van der Waals surface area contributed by atoms with Crippen LogP contribution in [0.4, 0.5) is 5.69 Å². The average molecular weight is 309 g/mol. The number of nitro benzene ring substituents is 1. The molecule has 0 aromatic heterocycles. The molecule has 22 heavy (non-hydrogen) atoms. The van der Waals surface area contributed by atoms with Crippen molar-refractivity contribution in [3.05, 3.63) is 34.4 Å². The Balaban J connectivity index is 2.43. The van der Waals surface area contributed by atoms with E-state index in [1.54, 1.807) is 6.07 Å². The van der Waals surface area contributed by atoms with Crippen LogP contribution in [0.2, 0.25) is 0 Å². The standard InChI is InChI=1S/C15H23N3O4/c1-15(2,11-17(3)4)10-16-14(19)9-22-13-7-5-6-12(8-13)18(20)21/h5-8H,9-11H2,1-4H3,(H,16,19). The van der Waals surface area contributed by atoms with Gasteiger partial charge in [0.2, 0.25) is 0 Å². The maximum atomic E-state index is 11.8. The summed E-state index contributed by atoms with van der Waals surface area (Å²) >= 11 is 0. The molecule has 0 saturated heterocycles. The Hall–Kier alpha value is -2.15. The molecule has 0 radical (unpaired) electrons. The molecule has 0 fully saturated rings. The number of carbonyl (C=O) groups excluding carboxylic acids is 1. The second-order valence-corrected chi connectivity index (χ2v) is 6.22. The van der Waals surface area contributed by atoms with Gasteiger partial charge in [-0.05, 0) is 25.6 Å². The van der Waals surface area contributed by atoms with Crippen molar-refractivity contribution in [1.29, 1.82) is 0 Å². The summed E-state index contributed by atoms with van der Waals surface area (Å²) in [6.07, 6.45) is 0. The van der Waals surface area contributed by atoms with E-state index in [0.29, 0.717) is 12.3 Å². The van der Waals surface area contributed by atoms with Gasteiger partial charge in [-0.25, -0.2) is 0 Å². The molecule has 0 bridgehead atoms. The molecule has 1 amide bonds. The molecule has 7 heteroatoms. The molecule has 7 nitrogen and oxygen atoms in total. The molecule has 1 aromatic carbocycles. The lowest BCUT2D eigenvalue weighted by Gasteiger charge is -2.28. The zero-order valence-corrected chi connectivity index (χ0v) is 13.5. The molecule has 122 valence electrons. The Labute approximate surface area is 130 Å². The molecular formula is C15H23N3O4. The van der Waals surface area contributed by atoms with Crippen molar-refractivity contribution in [3.63, 3.8) is 0 Å². The second kappa shape index (κ2) is 7.74. The first kappa shape index (κ1) is 17.9. The molecule has 0 unspecified atom stereocenters. The lowest BCUT2D eigenvalue weighted by molar-refractivity contribution is -0.384. The average Bonchev–Trinajstić information content (AvgIpc) is 2.42. The van der Waals surface area contributed by atoms with Crippen LogP contribution in [-0.2, 0) is 4.79 Å². The largest absolute Gasteiger partial charge is 0.484 e. The molecule has 0 spiro atoms. The number of hydrogen-bond donors (Lipinski definition) is 1. The van der Waals surface area contributed by atoms with Crippen molar-refractivity contribution >= 4 is 11.6 Å². The monoisotopic (exact) mass is 309 g/mol. The third-order valence-electron chi connectivity index (χ3n) is 2.91. The van der Waals surface area contributed by atoms with E-state index < -0.39 is 4.92 Å². The van der Waals surface area contributed by atoms with Crippen LogP contribution in [-0.4, -0.2) is 49.5 Å². The number of hydrogen-bond acceptors (Lipinski definition) is 5. The van der Waals surface area contributed by atoms with Crippen LogP contribution in [0.15, 0.2) is 24.3 Å². The van der Waals surface area contributed by atoms with Gasteiger partial charge in [-0.1, -0.05) is 19.9 Å². The fourth-order valence-corrected chi connectivity index (χ4v) is 2.14. The van der Waals surface area contributed by atoms with Crippen molar-refractivity contribution in [3.8, 4) is 5.75 Å². The molecule has 0 aliphatic heterocycles. The Morgan fingerprint density at radius 3 is 2.68 bits per heavy atom. The minimum atomic E-state index is -0.503. The van der Waals surface area contributed by atoms with Gasteiger partial charge in [-0.3, -0.25) is 14.9 Å². The van der Waals surface area contributed by atoms with Gasteiger partial charge in [0, 0.05) is 19.2 Å². The summed E-state index contributed by atoms with van der Waals surface area (Å²) in [4.78, 5) is 24.0. The molecule has 1 rings (SSSR count). The number of benzene rings is 1. The molecular weight excluding hydrogens is 286 g/mol. The minimum absolute atomic E-state index is 0.0509. The maximum absolute atomic E-state index is 11.8. The van der Waals surface area contributed by atoms with Gasteiger partial charge in [-0.2, -0.15) is 0 Å². The smallest absolute Gasteiger partial charge is 0.273 e. The van der Waals surface area contributed by atoms with Crippen LogP contribution in [0.25, 0.3) is 0 Å². The molecule has 0 aliphatic carbocycles. The lowest BCUT2D eigenvalue weighted by atomic mass is 9.93. The van der Waals surface area contributed by atoms with Gasteiger partial charge in [0.25, 0.3) is 11.6 Å². The Morgan fingerprint density at radius 1 is 1.41 bits per heavy atom. The Morgan fingerprint density at radius 2 is 2.09 bits per heavy atom. The van der Waals surface area contributed by atoms with E-state index in [-0.39, 0.29) is 23.6 Å². The highest BCUT2D eigenvalue weighted by Crippen LogP contribution is 2.19. The summed E-state index contributed by atoms with van der Waals surface area (Å²) in [5.41, 5.74) is -0.116. The topological polar surface area (TPSA) is 84.7 Å². The van der Waals surface area contributed by atoms with Crippen LogP contribution in [0, 0.1) is 15.5 Å². The molecule has 0 aliphatic rings. The maximum Gasteiger partial charge on any atom is 0.273 e. The number of carbonyl (C=O) groups is 1. The Bertz CT molecular complexity index is 529. The van der Waals surface area contributed by atoms with E-state index in [2.05, 4.69) is 24.1 Å². The highest BCUT2D eigenvalue weighted by atomic mass is 16.6. The number of nitrogens with one attached hydrogen (secondary N) is 1. The van der Waals surface area contributed by atoms with E-state index in [0.717, 1.165) is 6.54 Å². The van der Waals surface area contributed by atoms with Gasteiger partial charge >= 0.3 is 0 Å². The summed E-state index contributed by atoms with van der Waals surface area (Å²) in [6, 6.07) is 5.77. The van der Waals surface area contributed by atoms with E-state index >= 15 is 0 Å². The number of ether oxygens (including phenoxy) is 1. The lowest BCUT2D eigenvalue weighted by Crippen LogP contribution is -2.41. The van der Waals surface area contributed by atoms with E-state index in [9.17, 15) is 14.9 Å². The van der Waals surface area contributed by atoms with Gasteiger partial charge in [-0.15, -0.1) is 0 Å². The van der Waals surface area contributed by atoms with Crippen molar-refractivity contribution in [2.75, 3.05) is 33.8 Å². The predicted octanol–water partition coefficient (Wildman–Crippen LogP) is 1.68. The SMILES string of the molecule is CN(C)CC(C)(C)CNC(=O)COc1cccc([N+](=O)[O-])c1. The number of non-ortho nitro benzene ring substituents is 1. The zero-order chi connectivity index (χ0) is 16.8. The second-order valence-electron chi connectivity index (χ2n) is 6.22. The van der Waals surface area contributed by atoms with Crippen LogP contribution in [0.1, 0.15) is 13.8 Å². The number of nitro groups is 1. The minimum Gasteiger partial charge on any atom is -0.484 e. The first-order chi connectivity index (χ1) is 10.2. The van der Waals surface area contributed by atoms with Crippen molar-refractivity contribution in [2.24, 2.45) is 5.41 Å². The van der Waals surface area contributed by atoms with Crippen molar-refractivity contribution in [2.45, 2.75) is 13.8 Å². The van der Waals surface area contributed by atoms with Crippen LogP contribution >= 0.6 is 0 Å². The van der Waals surface area contributed by atoms with E-state index in [1.165, 1.54) is 18.2 Å². The summed E-state index contributed by atoms with van der Waals surface area (Å²) < 4.78 is 5.28. The van der Waals surface area contributed by atoms with Crippen molar-refractivity contribution in [1.82, 2.24) is 10.2 Å². The Kier molecular flexibility index (Phi) is 6.30. The molecule has 0 saturated carbocycles. The molecule has 1 aromatic rings. The van der Waals surface area contributed by atoms with Gasteiger partial charge in [0.1, 0.15) is 5.75 Å². The summed E-state index contributed by atoms with van der Waals surface area (Å²) in [5.74, 6) is 0.0511. The zero-order valence-electron chi connectivity index (χ0n) is 13.5. The van der Waals surface area contributed by atoms with Gasteiger partial charge < -0.3 is 15.0 Å². The number of amides is 1. The number of nitrogens with zero attached hydrogens (tertiary/aromatic N) is 2. The highest BCUT2D eigenvalue weighted by molar-refractivity contribution is 5.77. The first-order valence-electron chi connectivity index (χ1n) is 6.98. The first-order valence-corrected chi connectivity index (χ1v) is 6.98. The predicted molar refractivity (Wildman–Crippen MR) is 83.9 cm³/mol. The molecule has 0 heterocycles. The van der Waals surface area contributed by atoms with Gasteiger partial charge in [0.05, 0.1) is 11.0 Å². The quantitative estimate of drug-likeness (QED) is 0.583. The summed E-state index contributed by atoms with van der Waals surface area (Å²) in [7, 11) is 3.96. The van der Waals surface area contributed by atoms with E-state index in [4.69, 9.17) is 4.74 Å². The normalized spacial score (nSPS) is 11.3. The van der Waals surface area contributed by atoms with Crippen LogP contribution in [0.3, 0.4) is 0 Å². The van der Waals surface area contributed by atoms with Crippen LogP contribution in [0.5, 0.6) is 5.75 Å². The third-order valence-corrected chi connectivity index (χ3v) is 2.91. The highest BCUT2D eigenvalue weighted by Gasteiger charge is 2.19. The third kappa shape index (κ3) is 6.53. The summed E-state index contributed by atoms with van der Waals surface area (Å²) in [6.45, 7) is 5.34. The number of rotatable bonds is 8. The van der Waals surface area contributed by atoms with Crippen molar-refractivity contribution < 1.29 is 14.5 Å². The fraction of sp³-hybridized carbons (Fsp3) is 0.533. The molecule has 1 N–H and O–H groups in total.